The average Bonchev–Trinajstić information content (AvgIpc) is 3.11. The molecule has 0 saturated carbocycles. The Kier molecular flexibility index (Phi) is 7.07. The number of carbonyl (C=O) groups is 1. The molecule has 5 rings (SSSR count). The Morgan fingerprint density at radius 1 is 1.12 bits per heavy atom. The van der Waals surface area contributed by atoms with Gasteiger partial charge in [0.1, 0.15) is 22.9 Å². The van der Waals surface area contributed by atoms with Gasteiger partial charge in [-0.1, -0.05) is 0 Å². The zero-order valence-electron chi connectivity index (χ0n) is 23.9. The highest BCUT2D eigenvalue weighted by Crippen LogP contribution is 2.42. The van der Waals surface area contributed by atoms with E-state index in [1.54, 1.807) is 48.8 Å². The highest BCUT2D eigenvalue weighted by atomic mass is 19.2. The molecule has 220 valence electrons. The summed E-state index contributed by atoms with van der Waals surface area (Å²) >= 11 is 0. The fourth-order valence-electron chi connectivity index (χ4n) is 5.95. The van der Waals surface area contributed by atoms with Gasteiger partial charge in [0.25, 0.3) is 0 Å². The third-order valence-electron chi connectivity index (χ3n) is 7.71. The van der Waals surface area contributed by atoms with Crippen LogP contribution < -0.4 is 20.1 Å². The van der Waals surface area contributed by atoms with Crippen LogP contribution in [0.1, 0.15) is 46.1 Å². The number of hydrogen-bond donors (Lipinski definition) is 0. The van der Waals surface area contributed by atoms with Gasteiger partial charge in [-0.05, 0) is 52.7 Å². The summed E-state index contributed by atoms with van der Waals surface area (Å²) in [6.45, 7) is 7.35. The number of piperazine rings is 1. The Hall–Kier alpha value is -3.96. The van der Waals surface area contributed by atoms with E-state index in [4.69, 9.17) is 14.2 Å². The van der Waals surface area contributed by atoms with Crippen LogP contribution in [0.15, 0.2) is 29.1 Å². The van der Waals surface area contributed by atoms with Crippen LogP contribution in [0.3, 0.4) is 0 Å². The summed E-state index contributed by atoms with van der Waals surface area (Å²) in [5.41, 5.74) is -2.21. The molecule has 2 aliphatic rings. The van der Waals surface area contributed by atoms with Crippen molar-refractivity contribution in [3.05, 3.63) is 57.8 Å². The van der Waals surface area contributed by atoms with Gasteiger partial charge in [0, 0.05) is 30.8 Å². The van der Waals surface area contributed by atoms with Crippen molar-refractivity contribution in [2.75, 3.05) is 32.2 Å². The third-order valence-corrected chi connectivity index (χ3v) is 7.71. The molecule has 2 aromatic carbocycles. The fourth-order valence-corrected chi connectivity index (χ4v) is 5.95. The van der Waals surface area contributed by atoms with Crippen LogP contribution in [0.25, 0.3) is 10.9 Å². The molecule has 1 unspecified atom stereocenters. The lowest BCUT2D eigenvalue weighted by molar-refractivity contribution is -0.00279. The number of halogens is 3. The van der Waals surface area contributed by atoms with Crippen LogP contribution in [0.4, 0.5) is 23.8 Å². The van der Waals surface area contributed by atoms with Crippen molar-refractivity contribution in [3.63, 3.8) is 0 Å². The van der Waals surface area contributed by atoms with Gasteiger partial charge in [0.05, 0.1) is 43.2 Å². The van der Waals surface area contributed by atoms with Gasteiger partial charge in [0.2, 0.25) is 0 Å². The van der Waals surface area contributed by atoms with Crippen LogP contribution in [0, 0.1) is 17.5 Å². The first-order valence-corrected chi connectivity index (χ1v) is 13.3. The molecular formula is C29H33F3N4O5. The summed E-state index contributed by atoms with van der Waals surface area (Å²) in [6.07, 6.45) is 0.807. The minimum atomic E-state index is -1.40. The van der Waals surface area contributed by atoms with Crippen molar-refractivity contribution in [2.24, 2.45) is 0 Å². The first-order valence-electron chi connectivity index (χ1n) is 13.3. The quantitative estimate of drug-likeness (QED) is 0.403. The number of carbonyl (C=O) groups excluding carboxylic acids is 1. The third kappa shape index (κ3) is 5.04. The number of anilines is 1. The Morgan fingerprint density at radius 3 is 2.49 bits per heavy atom. The van der Waals surface area contributed by atoms with E-state index in [2.05, 4.69) is 4.98 Å². The number of methoxy groups -OCH3 is 2. The van der Waals surface area contributed by atoms with Crippen molar-refractivity contribution in [1.82, 2.24) is 14.5 Å². The fraction of sp³-hybridized carbons (Fsp3) is 0.483. The molecule has 2 atom stereocenters. The molecule has 41 heavy (non-hydrogen) atoms. The van der Waals surface area contributed by atoms with Gasteiger partial charge in [-0.2, -0.15) is 4.98 Å². The molecule has 3 aromatic rings. The predicted octanol–water partition coefficient (Wildman–Crippen LogP) is 4.86. The normalized spacial score (nSPS) is 20.5. The van der Waals surface area contributed by atoms with Crippen molar-refractivity contribution >= 4 is 22.8 Å². The maximum absolute atomic E-state index is 15.5. The van der Waals surface area contributed by atoms with Gasteiger partial charge in [-0.15, -0.1) is 0 Å². The number of rotatable bonds is 5. The van der Waals surface area contributed by atoms with Gasteiger partial charge in [0.15, 0.2) is 17.5 Å². The molecule has 2 aliphatic heterocycles. The zero-order chi connectivity index (χ0) is 29.9. The number of hydrogen-bond acceptors (Lipinski definition) is 7. The average molecular weight is 575 g/mol. The summed E-state index contributed by atoms with van der Waals surface area (Å²) in [5.74, 6) is -3.11. The van der Waals surface area contributed by atoms with Gasteiger partial charge >= 0.3 is 11.8 Å². The zero-order valence-corrected chi connectivity index (χ0v) is 23.9. The molecule has 2 fully saturated rings. The molecule has 1 amide bonds. The topological polar surface area (TPSA) is 86.1 Å². The highest BCUT2D eigenvalue weighted by molar-refractivity contribution is 5.91. The molecule has 0 aliphatic carbocycles. The van der Waals surface area contributed by atoms with Gasteiger partial charge < -0.3 is 19.1 Å². The van der Waals surface area contributed by atoms with E-state index in [1.165, 1.54) is 14.2 Å². The Labute approximate surface area is 235 Å². The number of fused-ring (bicyclic) bond motifs is 3. The lowest BCUT2D eigenvalue weighted by atomic mass is 9.97. The SMILES string of the molecule is COc1ccc(Cn2c(=O)nc(N3CC4CC[C@@](C)(C3)N4C(=O)OC(C)(C)C)c3c(F)c(F)cc(F)c32)c(OC)c1. The maximum Gasteiger partial charge on any atom is 0.411 e. The number of ether oxygens (including phenoxy) is 3. The second-order valence-electron chi connectivity index (χ2n) is 11.8. The van der Waals surface area contributed by atoms with E-state index in [-0.39, 0.29) is 31.5 Å². The molecule has 0 radical (unpaired) electrons. The predicted molar refractivity (Wildman–Crippen MR) is 146 cm³/mol. The van der Waals surface area contributed by atoms with Crippen LogP contribution >= 0.6 is 0 Å². The van der Waals surface area contributed by atoms with E-state index in [0.717, 1.165) is 4.57 Å². The Morgan fingerprint density at radius 2 is 1.85 bits per heavy atom. The second kappa shape index (κ2) is 10.1. The number of benzene rings is 2. The lowest BCUT2D eigenvalue weighted by Crippen LogP contribution is -2.63. The van der Waals surface area contributed by atoms with Crippen molar-refractivity contribution in [3.8, 4) is 11.5 Å². The van der Waals surface area contributed by atoms with Crippen LogP contribution in [-0.2, 0) is 11.3 Å². The molecule has 0 N–H and O–H groups in total. The first-order chi connectivity index (χ1) is 19.3. The molecule has 3 heterocycles. The standard InChI is InChI=1S/C29H33F3N4O5/c1-28(2,3)41-27(38)36-17-9-10-29(36,4)15-34(14-17)25-22-23(32)19(30)12-20(31)24(22)35(26(37)33-25)13-16-7-8-18(39-5)11-21(16)40-6/h7-8,11-12,17H,9-10,13-15H2,1-6H3/t17?,29-/m0/s1. The van der Waals surface area contributed by atoms with Crippen LogP contribution in [-0.4, -0.2) is 65.0 Å². The number of nitrogens with zero attached hydrogens (tertiary/aromatic N) is 4. The molecular weight excluding hydrogens is 541 g/mol. The summed E-state index contributed by atoms with van der Waals surface area (Å²) in [4.78, 5) is 34.0. The molecule has 2 saturated heterocycles. The number of amides is 1. The van der Waals surface area contributed by atoms with Gasteiger partial charge in [-0.25, -0.2) is 22.8 Å². The summed E-state index contributed by atoms with van der Waals surface area (Å²) < 4.78 is 62.8. The van der Waals surface area contributed by atoms with E-state index in [0.29, 0.717) is 36.0 Å². The summed E-state index contributed by atoms with van der Waals surface area (Å²) in [6, 6.07) is 4.98. The van der Waals surface area contributed by atoms with Crippen molar-refractivity contribution < 1.29 is 32.2 Å². The minimum Gasteiger partial charge on any atom is -0.497 e. The molecule has 0 spiro atoms. The van der Waals surface area contributed by atoms with E-state index in [1.807, 2.05) is 6.92 Å². The minimum absolute atomic E-state index is 0.165. The Balaban J connectivity index is 1.61. The Bertz CT molecular complexity index is 1590. The monoisotopic (exact) mass is 574 g/mol. The van der Waals surface area contributed by atoms with E-state index in [9.17, 15) is 14.0 Å². The first kappa shape index (κ1) is 28.6. The smallest absolute Gasteiger partial charge is 0.411 e. The molecule has 2 bridgehead atoms. The molecule has 9 nitrogen and oxygen atoms in total. The lowest BCUT2D eigenvalue weighted by Gasteiger charge is -2.47. The highest BCUT2D eigenvalue weighted by Gasteiger charge is 2.52. The van der Waals surface area contributed by atoms with Gasteiger partial charge in [-0.3, -0.25) is 9.47 Å². The van der Waals surface area contributed by atoms with Crippen molar-refractivity contribution in [2.45, 2.75) is 64.3 Å². The summed E-state index contributed by atoms with van der Waals surface area (Å²) in [7, 11) is 2.92. The maximum atomic E-state index is 15.5. The number of aromatic nitrogens is 2. The summed E-state index contributed by atoms with van der Waals surface area (Å²) in [5, 5.41) is -0.441. The second-order valence-corrected chi connectivity index (χ2v) is 11.8. The molecule has 12 heteroatoms. The largest absolute Gasteiger partial charge is 0.497 e. The molecule has 1 aromatic heterocycles. The van der Waals surface area contributed by atoms with E-state index >= 15 is 8.78 Å². The van der Waals surface area contributed by atoms with E-state index < -0.39 is 51.3 Å². The van der Waals surface area contributed by atoms with Crippen LogP contribution in [0.5, 0.6) is 11.5 Å². The van der Waals surface area contributed by atoms with Crippen molar-refractivity contribution in [1.29, 1.82) is 0 Å². The van der Waals surface area contributed by atoms with Crippen LogP contribution in [0.2, 0.25) is 0 Å².